The molecule has 2 aliphatic heterocycles. The zero-order valence-corrected chi connectivity index (χ0v) is 19.9. The number of hydrogen-bond acceptors (Lipinski definition) is 7. The molecule has 1 aromatic carbocycles. The predicted octanol–water partition coefficient (Wildman–Crippen LogP) is 4.20. The van der Waals surface area contributed by atoms with Gasteiger partial charge in [-0.2, -0.15) is 4.98 Å². The summed E-state index contributed by atoms with van der Waals surface area (Å²) in [5.41, 5.74) is 2.99. The van der Waals surface area contributed by atoms with Crippen LogP contribution in [0.4, 0.5) is 10.2 Å². The predicted molar refractivity (Wildman–Crippen MR) is 126 cm³/mol. The minimum absolute atomic E-state index is 0.0558. The van der Waals surface area contributed by atoms with E-state index < -0.39 is 0 Å². The number of ether oxygens (including phenoxy) is 1. The average Bonchev–Trinajstić information content (AvgIpc) is 3.54. The molecule has 3 aromatic rings. The first-order valence-electron chi connectivity index (χ1n) is 11.9. The molecule has 2 atom stereocenters. The standard InChI is InChI=1S/C25H32FN5O2/c1-5-17-10-19-15(2)21(24-28-16(3)30-33-24)23(29-22(19)20(26)11-17)31-8-7-25(4,14-31)27-12-18-6-9-32-13-18/h10-11,18,27H,5-9,12-14H2,1-4H3/t18-,25-/m0/s1. The number of pyridine rings is 1. The summed E-state index contributed by atoms with van der Waals surface area (Å²) in [7, 11) is 0. The van der Waals surface area contributed by atoms with E-state index in [1.54, 1.807) is 13.0 Å². The smallest absolute Gasteiger partial charge is 0.261 e. The largest absolute Gasteiger partial charge is 0.381 e. The fourth-order valence-electron chi connectivity index (χ4n) is 5.03. The summed E-state index contributed by atoms with van der Waals surface area (Å²) in [4.78, 5) is 11.6. The van der Waals surface area contributed by atoms with Gasteiger partial charge in [0.2, 0.25) is 0 Å². The van der Waals surface area contributed by atoms with Crippen LogP contribution in [0.1, 0.15) is 43.6 Å². The fraction of sp³-hybridized carbons (Fsp3) is 0.560. The van der Waals surface area contributed by atoms with Crippen LogP contribution < -0.4 is 10.2 Å². The molecule has 33 heavy (non-hydrogen) atoms. The Balaban J connectivity index is 1.54. The van der Waals surface area contributed by atoms with E-state index in [2.05, 4.69) is 27.3 Å². The number of rotatable bonds is 6. The average molecular weight is 454 g/mol. The van der Waals surface area contributed by atoms with Crippen LogP contribution in [0.5, 0.6) is 0 Å². The normalized spacial score (nSPS) is 23.2. The van der Waals surface area contributed by atoms with Gasteiger partial charge in [0.05, 0.1) is 12.2 Å². The van der Waals surface area contributed by atoms with Crippen molar-refractivity contribution in [3.8, 4) is 11.5 Å². The first-order valence-corrected chi connectivity index (χ1v) is 11.9. The summed E-state index contributed by atoms with van der Waals surface area (Å²) < 4.78 is 26.2. The summed E-state index contributed by atoms with van der Waals surface area (Å²) in [5.74, 6) is 1.98. The second kappa shape index (κ2) is 8.65. The van der Waals surface area contributed by atoms with E-state index in [0.29, 0.717) is 29.0 Å². The van der Waals surface area contributed by atoms with E-state index in [9.17, 15) is 0 Å². The molecule has 5 rings (SSSR count). The number of hydrogen-bond donors (Lipinski definition) is 1. The first-order chi connectivity index (χ1) is 15.9. The van der Waals surface area contributed by atoms with Crippen molar-refractivity contribution in [3.05, 3.63) is 34.9 Å². The fourth-order valence-corrected chi connectivity index (χ4v) is 5.03. The molecule has 0 spiro atoms. The van der Waals surface area contributed by atoms with Crippen molar-refractivity contribution in [2.45, 2.75) is 52.5 Å². The van der Waals surface area contributed by atoms with E-state index >= 15 is 4.39 Å². The highest BCUT2D eigenvalue weighted by Crippen LogP contribution is 2.39. The number of fused-ring (bicyclic) bond motifs is 1. The van der Waals surface area contributed by atoms with Crippen LogP contribution >= 0.6 is 0 Å². The van der Waals surface area contributed by atoms with Crippen molar-refractivity contribution >= 4 is 16.7 Å². The Bertz CT molecular complexity index is 1170. The number of anilines is 1. The zero-order valence-electron chi connectivity index (χ0n) is 19.9. The van der Waals surface area contributed by atoms with E-state index in [1.165, 1.54) is 0 Å². The van der Waals surface area contributed by atoms with Gasteiger partial charge in [-0.25, -0.2) is 9.37 Å². The van der Waals surface area contributed by atoms with Crippen molar-refractivity contribution in [2.24, 2.45) is 5.92 Å². The van der Waals surface area contributed by atoms with Crippen LogP contribution in [0.2, 0.25) is 0 Å². The van der Waals surface area contributed by atoms with E-state index in [0.717, 1.165) is 74.2 Å². The third-order valence-electron chi connectivity index (χ3n) is 7.11. The molecule has 2 fully saturated rings. The third-order valence-corrected chi connectivity index (χ3v) is 7.11. The van der Waals surface area contributed by atoms with E-state index in [4.69, 9.17) is 14.2 Å². The number of nitrogens with one attached hydrogen (secondary N) is 1. The van der Waals surface area contributed by atoms with Gasteiger partial charge in [0.1, 0.15) is 17.2 Å². The van der Waals surface area contributed by atoms with Gasteiger partial charge in [-0.05, 0) is 69.2 Å². The quantitative estimate of drug-likeness (QED) is 0.599. The molecule has 2 aromatic heterocycles. The molecule has 0 unspecified atom stereocenters. The van der Waals surface area contributed by atoms with Crippen molar-refractivity contribution in [3.63, 3.8) is 0 Å². The summed E-state index contributed by atoms with van der Waals surface area (Å²) in [6.07, 6.45) is 2.84. The second-order valence-electron chi connectivity index (χ2n) is 9.75. The molecule has 8 heteroatoms. The van der Waals surface area contributed by atoms with Crippen LogP contribution in [0.25, 0.3) is 22.4 Å². The Hall–Kier alpha value is -2.58. The Kier molecular flexibility index (Phi) is 5.82. The number of aromatic nitrogens is 3. The Morgan fingerprint density at radius 3 is 2.82 bits per heavy atom. The number of halogens is 1. The highest BCUT2D eigenvalue weighted by molar-refractivity contribution is 5.93. The van der Waals surface area contributed by atoms with Gasteiger partial charge in [-0.1, -0.05) is 12.1 Å². The molecule has 0 saturated carbocycles. The molecule has 4 heterocycles. The summed E-state index contributed by atoms with van der Waals surface area (Å²) >= 11 is 0. The van der Waals surface area contributed by atoms with Gasteiger partial charge >= 0.3 is 0 Å². The molecular weight excluding hydrogens is 421 g/mol. The minimum Gasteiger partial charge on any atom is -0.381 e. The molecule has 176 valence electrons. The van der Waals surface area contributed by atoms with Crippen molar-refractivity contribution in [1.29, 1.82) is 0 Å². The molecular formula is C25H32FN5O2. The highest BCUT2D eigenvalue weighted by atomic mass is 19.1. The monoisotopic (exact) mass is 453 g/mol. The number of benzene rings is 1. The molecule has 7 nitrogen and oxygen atoms in total. The molecule has 0 aliphatic carbocycles. The van der Waals surface area contributed by atoms with Gasteiger partial charge in [-0.3, -0.25) is 0 Å². The Morgan fingerprint density at radius 1 is 1.27 bits per heavy atom. The Morgan fingerprint density at radius 2 is 2.12 bits per heavy atom. The van der Waals surface area contributed by atoms with Crippen LogP contribution in [-0.4, -0.2) is 53.5 Å². The Labute approximate surface area is 193 Å². The maximum atomic E-state index is 15.1. The SMILES string of the molecule is CCc1cc(F)c2nc(N3CC[C@](C)(NC[C@@H]4CCOC4)C3)c(-c3nc(C)no3)c(C)c2c1. The second-order valence-corrected chi connectivity index (χ2v) is 9.75. The molecule has 1 N–H and O–H groups in total. The highest BCUT2D eigenvalue weighted by Gasteiger charge is 2.37. The zero-order chi connectivity index (χ0) is 23.2. The van der Waals surface area contributed by atoms with Crippen LogP contribution in [0, 0.1) is 25.6 Å². The molecule has 2 saturated heterocycles. The summed E-state index contributed by atoms with van der Waals surface area (Å²) in [5, 5.41) is 8.57. The van der Waals surface area contributed by atoms with Gasteiger partial charge in [0.25, 0.3) is 5.89 Å². The van der Waals surface area contributed by atoms with Gasteiger partial charge in [0, 0.05) is 37.2 Å². The lowest BCUT2D eigenvalue weighted by molar-refractivity contribution is 0.183. The van der Waals surface area contributed by atoms with Crippen LogP contribution in [0.15, 0.2) is 16.7 Å². The molecule has 2 aliphatic rings. The summed E-state index contributed by atoms with van der Waals surface area (Å²) in [6, 6.07) is 3.62. The van der Waals surface area contributed by atoms with E-state index in [-0.39, 0.29) is 11.4 Å². The van der Waals surface area contributed by atoms with Crippen molar-refractivity contribution in [1.82, 2.24) is 20.4 Å². The maximum absolute atomic E-state index is 15.1. The van der Waals surface area contributed by atoms with Gasteiger partial charge < -0.3 is 19.5 Å². The lowest BCUT2D eigenvalue weighted by Crippen LogP contribution is -2.47. The van der Waals surface area contributed by atoms with Gasteiger partial charge in [0.15, 0.2) is 5.82 Å². The maximum Gasteiger partial charge on any atom is 0.261 e. The van der Waals surface area contributed by atoms with E-state index in [1.807, 2.05) is 19.9 Å². The molecule has 0 radical (unpaired) electrons. The van der Waals surface area contributed by atoms with Crippen LogP contribution in [-0.2, 0) is 11.2 Å². The number of nitrogens with zero attached hydrogens (tertiary/aromatic N) is 4. The van der Waals surface area contributed by atoms with Crippen molar-refractivity contribution in [2.75, 3.05) is 37.7 Å². The van der Waals surface area contributed by atoms with Crippen LogP contribution in [0.3, 0.4) is 0 Å². The molecule has 0 bridgehead atoms. The lowest BCUT2D eigenvalue weighted by atomic mass is 9.99. The first kappa shape index (κ1) is 22.2. The van der Waals surface area contributed by atoms with Crippen molar-refractivity contribution < 1.29 is 13.7 Å². The lowest BCUT2D eigenvalue weighted by Gasteiger charge is -2.29. The summed E-state index contributed by atoms with van der Waals surface area (Å²) in [6.45, 7) is 12.3. The minimum atomic E-state index is -0.289. The molecule has 0 amide bonds. The number of aryl methyl sites for hydroxylation is 3. The van der Waals surface area contributed by atoms with Gasteiger partial charge in [-0.15, -0.1) is 0 Å². The third kappa shape index (κ3) is 4.22. The topological polar surface area (TPSA) is 76.3 Å².